The van der Waals surface area contributed by atoms with E-state index in [4.69, 9.17) is 5.73 Å². The molecular weight excluding hydrogens is 342 g/mol. The molecule has 1 saturated heterocycles. The molecule has 25 heavy (non-hydrogen) atoms. The maximum absolute atomic E-state index is 11.8. The predicted molar refractivity (Wildman–Crippen MR) is 90.9 cm³/mol. The molecule has 4 heterocycles. The lowest BCUT2D eigenvalue weighted by molar-refractivity contribution is -0.146. The molecule has 4 rings (SSSR count). The van der Waals surface area contributed by atoms with Crippen molar-refractivity contribution in [2.45, 2.75) is 23.7 Å². The highest BCUT2D eigenvalue weighted by atomic mass is 32.2. The van der Waals surface area contributed by atoms with Crippen LogP contribution < -0.4 is 5.73 Å². The number of carbonyl (C=O) groups is 2. The molecule has 2 aliphatic rings. The minimum absolute atomic E-state index is 0.00382. The molecule has 0 aliphatic carbocycles. The Balaban J connectivity index is 1.66. The summed E-state index contributed by atoms with van der Waals surface area (Å²) in [6, 6.07) is 3.72. The topological polar surface area (TPSA) is 114 Å². The Morgan fingerprint density at radius 3 is 3.00 bits per heavy atom. The van der Waals surface area contributed by atoms with E-state index >= 15 is 0 Å². The van der Waals surface area contributed by atoms with Crippen LogP contribution >= 0.6 is 11.8 Å². The van der Waals surface area contributed by atoms with Crippen molar-refractivity contribution in [2.75, 3.05) is 0 Å². The number of hydrogen-bond acceptors (Lipinski definition) is 6. The minimum Gasteiger partial charge on any atom is -0.477 e. The number of hydrogen-bond donors (Lipinski definition) is 2. The fraction of sp³-hybridized carbons (Fsp3) is 0.250. The Bertz CT molecular complexity index is 879. The van der Waals surface area contributed by atoms with E-state index in [-0.39, 0.29) is 23.5 Å². The molecule has 0 aromatic carbocycles. The Labute approximate surface area is 147 Å². The first-order valence-electron chi connectivity index (χ1n) is 7.66. The van der Waals surface area contributed by atoms with Crippen molar-refractivity contribution in [3.8, 4) is 11.3 Å². The summed E-state index contributed by atoms with van der Waals surface area (Å²) >= 11 is 1.41. The second kappa shape index (κ2) is 6.01. The van der Waals surface area contributed by atoms with Crippen molar-refractivity contribution in [1.29, 1.82) is 0 Å². The third-order valence-corrected chi connectivity index (χ3v) is 5.51. The van der Waals surface area contributed by atoms with Crippen LogP contribution in [0.2, 0.25) is 0 Å². The van der Waals surface area contributed by atoms with E-state index in [1.165, 1.54) is 16.7 Å². The second-order valence-electron chi connectivity index (χ2n) is 5.83. The Hall–Kier alpha value is -2.65. The highest BCUT2D eigenvalue weighted by molar-refractivity contribution is 8.00. The number of fused-ring (bicyclic) bond motifs is 1. The van der Waals surface area contributed by atoms with Gasteiger partial charge in [-0.2, -0.15) is 0 Å². The molecule has 1 amide bonds. The molecule has 2 aromatic heterocycles. The van der Waals surface area contributed by atoms with Gasteiger partial charge >= 0.3 is 5.97 Å². The van der Waals surface area contributed by atoms with Gasteiger partial charge in [0.05, 0.1) is 29.2 Å². The maximum Gasteiger partial charge on any atom is 0.352 e. The maximum atomic E-state index is 11.8. The van der Waals surface area contributed by atoms with E-state index in [1.54, 1.807) is 23.3 Å². The first-order valence-corrected chi connectivity index (χ1v) is 8.60. The zero-order valence-corrected chi connectivity index (χ0v) is 13.9. The molecular formula is C16H15N5O3S. The van der Waals surface area contributed by atoms with Gasteiger partial charge in [0.1, 0.15) is 5.70 Å². The van der Waals surface area contributed by atoms with Crippen molar-refractivity contribution in [3.63, 3.8) is 0 Å². The third-order valence-electron chi connectivity index (χ3n) is 4.24. The largest absolute Gasteiger partial charge is 0.477 e. The number of pyridine rings is 1. The van der Waals surface area contributed by atoms with Gasteiger partial charge in [-0.15, -0.1) is 11.8 Å². The number of aromatic nitrogens is 3. The average Bonchev–Trinajstić information content (AvgIpc) is 3.06. The van der Waals surface area contributed by atoms with Gasteiger partial charge in [0.25, 0.3) is 0 Å². The molecule has 0 spiro atoms. The standard InChI is InChI=1S/C16H15N5O3S/c17-15-10(14(16(23)24)21-12(22)4-13(21)25-15)6-20-7-11(19-8-20)9-2-1-3-18-5-9/h1-3,5,7-8,13,15H,4,6,17H2,(H,23,24). The highest BCUT2D eigenvalue weighted by Crippen LogP contribution is 2.42. The van der Waals surface area contributed by atoms with E-state index in [0.717, 1.165) is 11.3 Å². The van der Waals surface area contributed by atoms with Gasteiger partial charge in [-0.05, 0) is 12.1 Å². The van der Waals surface area contributed by atoms with Crippen LogP contribution in [-0.2, 0) is 16.1 Å². The first kappa shape index (κ1) is 15.9. The third kappa shape index (κ3) is 2.71. The normalized spacial score (nSPS) is 22.6. The van der Waals surface area contributed by atoms with Crippen LogP contribution in [0.25, 0.3) is 11.3 Å². The molecule has 2 aliphatic heterocycles. The van der Waals surface area contributed by atoms with Gasteiger partial charge in [-0.3, -0.25) is 14.7 Å². The number of nitrogens with two attached hydrogens (primary N) is 1. The zero-order valence-electron chi connectivity index (χ0n) is 13.1. The number of nitrogens with zero attached hydrogens (tertiary/aromatic N) is 4. The Morgan fingerprint density at radius 2 is 2.32 bits per heavy atom. The van der Waals surface area contributed by atoms with Crippen LogP contribution in [0.5, 0.6) is 0 Å². The van der Waals surface area contributed by atoms with E-state index in [0.29, 0.717) is 12.0 Å². The minimum atomic E-state index is -1.13. The molecule has 3 N–H and O–H groups in total. The number of carboxylic acids is 1. The van der Waals surface area contributed by atoms with Gasteiger partial charge < -0.3 is 15.4 Å². The van der Waals surface area contributed by atoms with Crippen LogP contribution in [0.15, 0.2) is 48.3 Å². The van der Waals surface area contributed by atoms with Gasteiger partial charge in [0.2, 0.25) is 5.91 Å². The summed E-state index contributed by atoms with van der Waals surface area (Å²) in [6.45, 7) is 0.263. The van der Waals surface area contributed by atoms with E-state index in [9.17, 15) is 14.7 Å². The number of thioether (sulfide) groups is 1. The van der Waals surface area contributed by atoms with E-state index in [2.05, 4.69) is 9.97 Å². The predicted octanol–water partition coefficient (Wildman–Crippen LogP) is 0.874. The summed E-state index contributed by atoms with van der Waals surface area (Å²) in [5.74, 6) is -1.31. The summed E-state index contributed by atoms with van der Waals surface area (Å²) in [5, 5.41) is 8.94. The molecule has 128 valence electrons. The molecule has 9 heteroatoms. The van der Waals surface area contributed by atoms with Crippen molar-refractivity contribution in [2.24, 2.45) is 5.73 Å². The van der Waals surface area contributed by atoms with Crippen LogP contribution in [0.3, 0.4) is 0 Å². The van der Waals surface area contributed by atoms with Crippen LogP contribution in [-0.4, -0.2) is 47.2 Å². The molecule has 1 fully saturated rings. The van der Waals surface area contributed by atoms with Crippen LogP contribution in [0.4, 0.5) is 0 Å². The van der Waals surface area contributed by atoms with Crippen molar-refractivity contribution < 1.29 is 14.7 Å². The number of aliphatic carboxylic acids is 1. The fourth-order valence-corrected chi connectivity index (χ4v) is 4.29. The van der Waals surface area contributed by atoms with Crippen LogP contribution in [0.1, 0.15) is 6.42 Å². The quantitative estimate of drug-likeness (QED) is 0.780. The number of β-lactam (4-membered cyclic amide) rings is 1. The monoisotopic (exact) mass is 357 g/mol. The summed E-state index contributed by atoms with van der Waals surface area (Å²) in [4.78, 5) is 33.3. The lowest BCUT2D eigenvalue weighted by Crippen LogP contribution is -2.56. The molecule has 2 atom stereocenters. The van der Waals surface area contributed by atoms with Crippen molar-refractivity contribution in [1.82, 2.24) is 19.4 Å². The Kier molecular flexibility index (Phi) is 3.81. The van der Waals surface area contributed by atoms with Gasteiger partial charge in [0.15, 0.2) is 0 Å². The lowest BCUT2D eigenvalue weighted by atomic mass is 10.1. The molecule has 0 bridgehead atoms. The van der Waals surface area contributed by atoms with Crippen LogP contribution in [0, 0.1) is 0 Å². The van der Waals surface area contributed by atoms with Crippen molar-refractivity contribution in [3.05, 3.63) is 48.3 Å². The number of carboxylic acid groups (broad SMARTS) is 1. The van der Waals surface area contributed by atoms with E-state index in [1.807, 2.05) is 18.3 Å². The highest BCUT2D eigenvalue weighted by Gasteiger charge is 2.47. The van der Waals surface area contributed by atoms with Crippen molar-refractivity contribution >= 4 is 23.6 Å². The number of amides is 1. The van der Waals surface area contributed by atoms with Gasteiger partial charge in [0, 0.05) is 36.3 Å². The molecule has 2 aromatic rings. The molecule has 8 nitrogen and oxygen atoms in total. The number of rotatable bonds is 4. The zero-order chi connectivity index (χ0) is 17.6. The summed E-state index contributed by atoms with van der Waals surface area (Å²) < 4.78 is 1.77. The average molecular weight is 357 g/mol. The second-order valence-corrected chi connectivity index (χ2v) is 7.16. The first-order chi connectivity index (χ1) is 12.0. The summed E-state index contributed by atoms with van der Waals surface area (Å²) in [5.41, 5.74) is 8.29. The molecule has 0 saturated carbocycles. The lowest BCUT2D eigenvalue weighted by Gasteiger charge is -2.45. The van der Waals surface area contributed by atoms with Gasteiger partial charge in [-0.25, -0.2) is 9.78 Å². The SMILES string of the molecule is NC1SC2CC(=O)N2C(C(=O)O)=C1Cn1cnc(-c2cccnc2)c1. The Morgan fingerprint density at radius 1 is 1.48 bits per heavy atom. The van der Waals surface area contributed by atoms with E-state index < -0.39 is 11.3 Å². The fourth-order valence-electron chi connectivity index (χ4n) is 3.02. The number of carbonyl (C=O) groups excluding carboxylic acids is 1. The smallest absolute Gasteiger partial charge is 0.352 e. The summed E-state index contributed by atoms with van der Waals surface area (Å²) in [6.07, 6.45) is 7.16. The molecule has 2 unspecified atom stereocenters. The molecule has 0 radical (unpaired) electrons. The number of imidazole rings is 1. The van der Waals surface area contributed by atoms with Gasteiger partial charge in [-0.1, -0.05) is 0 Å². The summed E-state index contributed by atoms with van der Waals surface area (Å²) in [7, 11) is 0.